The molecule has 0 spiro atoms. The van der Waals surface area contributed by atoms with E-state index in [1.165, 1.54) is 0 Å². The minimum atomic E-state index is -0.232. The molecule has 0 fully saturated rings. The van der Waals surface area contributed by atoms with Crippen LogP contribution in [0.25, 0.3) is 10.2 Å². The van der Waals surface area contributed by atoms with Gasteiger partial charge in [-0.25, -0.2) is 0 Å². The summed E-state index contributed by atoms with van der Waals surface area (Å²) in [6.07, 6.45) is 0. The molecule has 0 radical (unpaired) electrons. The second kappa shape index (κ2) is 5.44. The van der Waals surface area contributed by atoms with Crippen LogP contribution >= 0.6 is 11.3 Å². The van der Waals surface area contributed by atoms with Gasteiger partial charge in [-0.15, -0.1) is 11.3 Å². The van der Waals surface area contributed by atoms with Gasteiger partial charge in [0.2, 0.25) is 5.91 Å². The molecular formula is C13H17N3O2S. The fraction of sp³-hybridized carbons (Fsp3) is 0.385. The lowest BCUT2D eigenvalue weighted by Gasteiger charge is -2.09. The van der Waals surface area contributed by atoms with Crippen molar-refractivity contribution in [3.63, 3.8) is 0 Å². The second-order valence-electron chi connectivity index (χ2n) is 4.66. The van der Waals surface area contributed by atoms with Gasteiger partial charge >= 0.3 is 0 Å². The minimum absolute atomic E-state index is 0.00412. The van der Waals surface area contributed by atoms with Crippen LogP contribution in [0.1, 0.15) is 24.3 Å². The highest BCUT2D eigenvalue weighted by Gasteiger charge is 2.14. The molecule has 0 aliphatic heterocycles. The number of thiophene rings is 1. The third-order valence-corrected chi connectivity index (χ3v) is 3.61. The zero-order chi connectivity index (χ0) is 14.0. The molecule has 0 aromatic carbocycles. The fourth-order valence-electron chi connectivity index (χ4n) is 1.89. The number of aryl methyl sites for hydroxylation is 1. The standard InChI is InChI=1S/C13H17N3O2S/c1-8(2)15-12(17)7-14-13(18)10-6-11-9(16(10)3)4-5-19-11/h4-6,8H,7H2,1-3H3,(H,14,18)(H,15,17). The monoisotopic (exact) mass is 279 g/mol. The van der Waals surface area contributed by atoms with Gasteiger partial charge in [-0.3, -0.25) is 9.59 Å². The Kier molecular flexibility index (Phi) is 3.90. The molecule has 2 aromatic rings. The van der Waals surface area contributed by atoms with Crippen molar-refractivity contribution < 1.29 is 9.59 Å². The molecule has 19 heavy (non-hydrogen) atoms. The molecular weight excluding hydrogens is 262 g/mol. The van der Waals surface area contributed by atoms with Crippen molar-refractivity contribution in [2.75, 3.05) is 6.54 Å². The van der Waals surface area contributed by atoms with Crippen molar-refractivity contribution in [1.29, 1.82) is 0 Å². The number of carbonyl (C=O) groups excluding carboxylic acids is 2. The van der Waals surface area contributed by atoms with E-state index in [-0.39, 0.29) is 24.4 Å². The molecule has 0 aliphatic rings. The summed E-state index contributed by atoms with van der Waals surface area (Å²) < 4.78 is 2.90. The highest BCUT2D eigenvalue weighted by atomic mass is 32.1. The van der Waals surface area contributed by atoms with E-state index < -0.39 is 0 Å². The Morgan fingerprint density at radius 3 is 2.79 bits per heavy atom. The van der Waals surface area contributed by atoms with Crippen LogP contribution in [0.2, 0.25) is 0 Å². The largest absolute Gasteiger partial charge is 0.352 e. The smallest absolute Gasteiger partial charge is 0.268 e. The number of nitrogens with one attached hydrogen (secondary N) is 2. The zero-order valence-corrected chi connectivity index (χ0v) is 12.0. The molecule has 2 amide bonds. The quantitative estimate of drug-likeness (QED) is 0.890. The molecule has 0 unspecified atom stereocenters. The third-order valence-electron chi connectivity index (χ3n) is 2.76. The number of aromatic nitrogens is 1. The first-order valence-electron chi connectivity index (χ1n) is 6.09. The van der Waals surface area contributed by atoms with Crippen molar-refractivity contribution in [3.05, 3.63) is 23.2 Å². The number of carbonyl (C=O) groups is 2. The van der Waals surface area contributed by atoms with Crippen molar-refractivity contribution in [1.82, 2.24) is 15.2 Å². The van der Waals surface area contributed by atoms with E-state index in [4.69, 9.17) is 0 Å². The average Bonchev–Trinajstić information content (AvgIpc) is 2.89. The Labute approximate surface area is 115 Å². The number of amides is 2. The molecule has 0 atom stereocenters. The lowest BCUT2D eigenvalue weighted by atomic mass is 10.3. The van der Waals surface area contributed by atoms with Crippen molar-refractivity contribution in [3.8, 4) is 0 Å². The van der Waals surface area contributed by atoms with Crippen LogP contribution in [0.3, 0.4) is 0 Å². The first-order valence-corrected chi connectivity index (χ1v) is 6.97. The van der Waals surface area contributed by atoms with Gasteiger partial charge in [0.25, 0.3) is 5.91 Å². The molecule has 5 nitrogen and oxygen atoms in total. The molecule has 0 bridgehead atoms. The van der Waals surface area contributed by atoms with Gasteiger partial charge in [-0.2, -0.15) is 0 Å². The SMILES string of the molecule is CC(C)NC(=O)CNC(=O)c1cc2sccc2n1C. The third kappa shape index (κ3) is 2.96. The van der Waals surface area contributed by atoms with Crippen LogP contribution in [-0.2, 0) is 11.8 Å². The molecule has 6 heteroatoms. The van der Waals surface area contributed by atoms with E-state index in [0.29, 0.717) is 5.69 Å². The van der Waals surface area contributed by atoms with Crippen LogP contribution < -0.4 is 10.6 Å². The predicted octanol–water partition coefficient (Wildman–Crippen LogP) is 1.49. The first-order chi connectivity index (χ1) is 8.99. The Hall–Kier alpha value is -1.82. The van der Waals surface area contributed by atoms with Crippen LogP contribution in [0.5, 0.6) is 0 Å². The van der Waals surface area contributed by atoms with Crippen LogP contribution in [0, 0.1) is 0 Å². The van der Waals surface area contributed by atoms with Crippen molar-refractivity contribution in [2.24, 2.45) is 7.05 Å². The van der Waals surface area contributed by atoms with Gasteiger partial charge in [-0.05, 0) is 31.4 Å². The summed E-state index contributed by atoms with van der Waals surface area (Å²) in [5.74, 6) is -0.413. The minimum Gasteiger partial charge on any atom is -0.352 e. The molecule has 2 aromatic heterocycles. The summed E-state index contributed by atoms with van der Waals surface area (Å²) in [6.45, 7) is 3.76. The molecule has 102 valence electrons. The van der Waals surface area contributed by atoms with Crippen LogP contribution in [-0.4, -0.2) is 29.0 Å². The Bertz CT molecular complexity index is 612. The van der Waals surface area contributed by atoms with E-state index in [1.807, 2.05) is 43.0 Å². The molecule has 0 saturated carbocycles. The number of fused-ring (bicyclic) bond motifs is 1. The van der Waals surface area contributed by atoms with Crippen molar-refractivity contribution >= 4 is 33.4 Å². The van der Waals surface area contributed by atoms with Gasteiger partial charge in [0, 0.05) is 13.1 Å². The molecule has 0 saturated heterocycles. The van der Waals surface area contributed by atoms with Crippen LogP contribution in [0.4, 0.5) is 0 Å². The molecule has 0 aliphatic carbocycles. The number of rotatable bonds is 4. The van der Waals surface area contributed by atoms with E-state index in [1.54, 1.807) is 11.3 Å². The molecule has 2 rings (SSSR count). The zero-order valence-electron chi connectivity index (χ0n) is 11.2. The van der Waals surface area contributed by atoms with Crippen molar-refractivity contribution in [2.45, 2.75) is 19.9 Å². The maximum atomic E-state index is 12.0. The van der Waals surface area contributed by atoms with E-state index in [9.17, 15) is 9.59 Å². The topological polar surface area (TPSA) is 63.1 Å². The Morgan fingerprint density at radius 2 is 2.16 bits per heavy atom. The summed E-state index contributed by atoms with van der Waals surface area (Å²) in [5, 5.41) is 7.34. The first kappa shape index (κ1) is 13.6. The highest BCUT2D eigenvalue weighted by Crippen LogP contribution is 2.23. The molecule has 2 N–H and O–H groups in total. The number of nitrogens with zero attached hydrogens (tertiary/aromatic N) is 1. The molecule has 2 heterocycles. The lowest BCUT2D eigenvalue weighted by Crippen LogP contribution is -2.40. The average molecular weight is 279 g/mol. The number of hydrogen-bond donors (Lipinski definition) is 2. The predicted molar refractivity (Wildman–Crippen MR) is 76.4 cm³/mol. The van der Waals surface area contributed by atoms with Gasteiger partial charge in [0.1, 0.15) is 5.69 Å². The number of hydrogen-bond acceptors (Lipinski definition) is 3. The van der Waals surface area contributed by atoms with Gasteiger partial charge < -0.3 is 15.2 Å². The summed E-state index contributed by atoms with van der Waals surface area (Å²) in [4.78, 5) is 23.5. The Balaban J connectivity index is 2.02. The van der Waals surface area contributed by atoms with E-state index >= 15 is 0 Å². The second-order valence-corrected chi connectivity index (χ2v) is 5.61. The van der Waals surface area contributed by atoms with E-state index in [0.717, 1.165) is 10.2 Å². The maximum Gasteiger partial charge on any atom is 0.268 e. The van der Waals surface area contributed by atoms with Crippen LogP contribution in [0.15, 0.2) is 17.5 Å². The van der Waals surface area contributed by atoms with Gasteiger partial charge in [-0.1, -0.05) is 0 Å². The van der Waals surface area contributed by atoms with E-state index in [2.05, 4.69) is 10.6 Å². The lowest BCUT2D eigenvalue weighted by molar-refractivity contribution is -0.120. The summed E-state index contributed by atoms with van der Waals surface area (Å²) in [6, 6.07) is 3.89. The fourth-order valence-corrected chi connectivity index (χ4v) is 2.74. The summed E-state index contributed by atoms with van der Waals surface area (Å²) in [7, 11) is 1.85. The normalized spacial score (nSPS) is 10.9. The highest BCUT2D eigenvalue weighted by molar-refractivity contribution is 7.17. The summed E-state index contributed by atoms with van der Waals surface area (Å²) in [5.41, 5.74) is 1.60. The van der Waals surface area contributed by atoms with Gasteiger partial charge in [0.15, 0.2) is 0 Å². The summed E-state index contributed by atoms with van der Waals surface area (Å²) >= 11 is 1.59. The van der Waals surface area contributed by atoms with Gasteiger partial charge in [0.05, 0.1) is 16.8 Å². The maximum absolute atomic E-state index is 12.0. The Morgan fingerprint density at radius 1 is 1.42 bits per heavy atom.